The van der Waals surface area contributed by atoms with Gasteiger partial charge >= 0.3 is 0 Å². The highest BCUT2D eigenvalue weighted by atomic mass is 32.2. The Hall–Kier alpha value is -2.80. The molecule has 0 aliphatic heterocycles. The Morgan fingerprint density at radius 1 is 1.08 bits per heavy atom. The van der Waals surface area contributed by atoms with Crippen molar-refractivity contribution in [2.75, 3.05) is 22.7 Å². The van der Waals surface area contributed by atoms with Crippen molar-refractivity contribution in [1.82, 2.24) is 4.98 Å². The highest BCUT2D eigenvalue weighted by molar-refractivity contribution is 7.92. The summed E-state index contributed by atoms with van der Waals surface area (Å²) in [6.07, 6.45) is 3.75. The molecule has 0 radical (unpaired) electrons. The second-order valence-electron chi connectivity index (χ2n) is 5.64. The van der Waals surface area contributed by atoms with Gasteiger partial charge in [-0.3, -0.25) is 4.31 Å². The van der Waals surface area contributed by atoms with Crippen LogP contribution in [0, 0.1) is 0 Å². The van der Waals surface area contributed by atoms with Gasteiger partial charge in [-0.1, -0.05) is 18.2 Å². The van der Waals surface area contributed by atoms with Crippen LogP contribution < -0.4 is 9.62 Å². The lowest BCUT2D eigenvalue weighted by Crippen LogP contribution is -2.30. The zero-order chi connectivity index (χ0) is 18.4. The molecule has 1 N–H and O–H groups in total. The van der Waals surface area contributed by atoms with Crippen molar-refractivity contribution in [2.24, 2.45) is 0 Å². The summed E-state index contributed by atoms with van der Waals surface area (Å²) < 4.78 is 32.4. The molecule has 3 rings (SSSR count). The molecule has 26 heavy (non-hydrogen) atoms. The van der Waals surface area contributed by atoms with Crippen LogP contribution in [0.3, 0.4) is 0 Å². The molecular weight excluding hydrogens is 350 g/mol. The number of para-hydroxylation sites is 1. The van der Waals surface area contributed by atoms with Crippen LogP contribution in [0.1, 0.15) is 12.7 Å². The van der Waals surface area contributed by atoms with Crippen LogP contribution in [0.4, 0.5) is 11.5 Å². The Bertz CT molecular complexity index is 908. The molecule has 0 aliphatic rings. The molecule has 0 unspecified atom stereocenters. The van der Waals surface area contributed by atoms with Gasteiger partial charge in [0.05, 0.1) is 12.0 Å². The maximum atomic E-state index is 12.9. The van der Waals surface area contributed by atoms with E-state index in [4.69, 9.17) is 4.42 Å². The molecule has 136 valence electrons. The van der Waals surface area contributed by atoms with Crippen molar-refractivity contribution in [1.29, 1.82) is 0 Å². The van der Waals surface area contributed by atoms with Crippen LogP contribution in [-0.2, 0) is 16.4 Å². The van der Waals surface area contributed by atoms with Crippen LogP contribution in [0.15, 0.2) is 76.4 Å². The molecule has 0 aliphatic carbocycles. The number of nitrogens with one attached hydrogen (secondary N) is 1. The molecule has 0 spiro atoms. The first kappa shape index (κ1) is 18.0. The van der Waals surface area contributed by atoms with Crippen LogP contribution in [0.25, 0.3) is 0 Å². The zero-order valence-corrected chi connectivity index (χ0v) is 15.3. The predicted molar refractivity (Wildman–Crippen MR) is 102 cm³/mol. The van der Waals surface area contributed by atoms with Gasteiger partial charge in [-0.05, 0) is 43.3 Å². The van der Waals surface area contributed by atoms with Gasteiger partial charge in [0, 0.05) is 25.7 Å². The van der Waals surface area contributed by atoms with Crippen molar-refractivity contribution < 1.29 is 12.8 Å². The number of furan rings is 1. The van der Waals surface area contributed by atoms with Gasteiger partial charge in [0.2, 0.25) is 0 Å². The van der Waals surface area contributed by atoms with Gasteiger partial charge in [-0.2, -0.15) is 0 Å². The molecule has 2 aromatic heterocycles. The van der Waals surface area contributed by atoms with E-state index in [1.165, 1.54) is 10.5 Å². The number of benzene rings is 1. The van der Waals surface area contributed by atoms with Crippen molar-refractivity contribution >= 4 is 21.5 Å². The van der Waals surface area contributed by atoms with E-state index in [9.17, 15) is 8.42 Å². The SMILES string of the molecule is CCN(c1ccccc1)S(=O)(=O)c1ccc(NCCc2ccco2)nc1. The molecule has 0 amide bonds. The summed E-state index contributed by atoms with van der Waals surface area (Å²) >= 11 is 0. The zero-order valence-electron chi connectivity index (χ0n) is 14.5. The number of aromatic nitrogens is 1. The topological polar surface area (TPSA) is 75.4 Å². The minimum atomic E-state index is -3.65. The second-order valence-corrected chi connectivity index (χ2v) is 7.50. The molecule has 6 nitrogen and oxygen atoms in total. The monoisotopic (exact) mass is 371 g/mol. The van der Waals surface area contributed by atoms with Gasteiger partial charge in [-0.15, -0.1) is 0 Å². The number of anilines is 2. The molecule has 0 saturated heterocycles. The number of pyridine rings is 1. The van der Waals surface area contributed by atoms with Crippen molar-refractivity contribution in [3.05, 3.63) is 72.8 Å². The Kier molecular flexibility index (Phi) is 5.58. The van der Waals surface area contributed by atoms with E-state index < -0.39 is 10.0 Å². The number of hydrogen-bond donors (Lipinski definition) is 1. The first-order valence-electron chi connectivity index (χ1n) is 8.41. The third-order valence-electron chi connectivity index (χ3n) is 3.91. The molecule has 3 aromatic rings. The van der Waals surface area contributed by atoms with Crippen molar-refractivity contribution in [3.8, 4) is 0 Å². The average molecular weight is 371 g/mol. The third kappa shape index (κ3) is 4.05. The van der Waals surface area contributed by atoms with Crippen LogP contribution in [-0.4, -0.2) is 26.5 Å². The van der Waals surface area contributed by atoms with E-state index in [1.807, 2.05) is 37.3 Å². The third-order valence-corrected chi connectivity index (χ3v) is 5.80. The number of nitrogens with zero attached hydrogens (tertiary/aromatic N) is 2. The molecule has 0 bridgehead atoms. The standard InChI is InChI=1S/C19H21N3O3S/c1-2-22(16-7-4-3-5-8-16)26(23,24)18-10-11-19(21-15-18)20-13-12-17-9-6-14-25-17/h3-11,14-15H,2,12-13H2,1H3,(H,20,21). The summed E-state index contributed by atoms with van der Waals surface area (Å²) in [7, 11) is -3.65. The minimum Gasteiger partial charge on any atom is -0.469 e. The van der Waals surface area contributed by atoms with E-state index in [0.29, 0.717) is 24.6 Å². The van der Waals surface area contributed by atoms with Crippen LogP contribution in [0.5, 0.6) is 0 Å². The lowest BCUT2D eigenvalue weighted by Gasteiger charge is -2.22. The maximum absolute atomic E-state index is 12.9. The summed E-state index contributed by atoms with van der Waals surface area (Å²) in [5, 5.41) is 3.16. The Morgan fingerprint density at radius 3 is 2.50 bits per heavy atom. The van der Waals surface area contributed by atoms with Gasteiger partial charge in [0.1, 0.15) is 16.5 Å². The maximum Gasteiger partial charge on any atom is 0.265 e. The fourth-order valence-corrected chi connectivity index (χ4v) is 4.04. The fraction of sp³-hybridized carbons (Fsp3) is 0.211. The molecule has 7 heteroatoms. The van der Waals surface area contributed by atoms with Gasteiger partial charge in [-0.25, -0.2) is 13.4 Å². The summed E-state index contributed by atoms with van der Waals surface area (Å²) in [6.45, 7) is 2.80. The molecule has 2 heterocycles. The largest absolute Gasteiger partial charge is 0.469 e. The predicted octanol–water partition coefficient (Wildman–Crippen LogP) is 3.54. The van der Waals surface area contributed by atoms with Crippen LogP contribution >= 0.6 is 0 Å². The number of rotatable bonds is 8. The van der Waals surface area contributed by atoms with E-state index in [1.54, 1.807) is 30.5 Å². The van der Waals surface area contributed by atoms with Crippen molar-refractivity contribution in [2.45, 2.75) is 18.2 Å². The van der Waals surface area contributed by atoms with Crippen molar-refractivity contribution in [3.63, 3.8) is 0 Å². The highest BCUT2D eigenvalue weighted by Crippen LogP contribution is 2.23. The van der Waals surface area contributed by atoms with Gasteiger partial charge < -0.3 is 9.73 Å². The fourth-order valence-electron chi connectivity index (χ4n) is 2.62. The molecular formula is C19H21N3O3S. The van der Waals surface area contributed by atoms with E-state index in [2.05, 4.69) is 10.3 Å². The lowest BCUT2D eigenvalue weighted by atomic mass is 10.3. The van der Waals surface area contributed by atoms with Crippen LogP contribution in [0.2, 0.25) is 0 Å². The summed E-state index contributed by atoms with van der Waals surface area (Å²) in [6, 6.07) is 16.0. The molecule has 1 aromatic carbocycles. The van der Waals surface area contributed by atoms with E-state index in [-0.39, 0.29) is 4.90 Å². The van der Waals surface area contributed by atoms with E-state index in [0.717, 1.165) is 12.2 Å². The molecule has 0 atom stereocenters. The van der Waals surface area contributed by atoms with E-state index >= 15 is 0 Å². The smallest absolute Gasteiger partial charge is 0.265 e. The minimum absolute atomic E-state index is 0.166. The first-order chi connectivity index (χ1) is 12.6. The first-order valence-corrected chi connectivity index (χ1v) is 9.85. The Labute approximate surface area is 153 Å². The lowest BCUT2D eigenvalue weighted by molar-refractivity contribution is 0.513. The molecule has 0 saturated carbocycles. The Balaban J connectivity index is 1.70. The summed E-state index contributed by atoms with van der Waals surface area (Å²) in [4.78, 5) is 4.39. The normalized spacial score (nSPS) is 11.3. The van der Waals surface area contributed by atoms with Gasteiger partial charge in [0.25, 0.3) is 10.0 Å². The second kappa shape index (κ2) is 8.05. The average Bonchev–Trinajstić information content (AvgIpc) is 3.17. The Morgan fingerprint density at radius 2 is 1.88 bits per heavy atom. The molecule has 0 fully saturated rings. The van der Waals surface area contributed by atoms with Gasteiger partial charge in [0.15, 0.2) is 0 Å². The summed E-state index contributed by atoms with van der Waals surface area (Å²) in [5.74, 6) is 1.51. The summed E-state index contributed by atoms with van der Waals surface area (Å²) in [5.41, 5.74) is 0.635. The quantitative estimate of drug-likeness (QED) is 0.655. The number of sulfonamides is 1. The number of hydrogen-bond acceptors (Lipinski definition) is 5. The highest BCUT2D eigenvalue weighted by Gasteiger charge is 2.23.